The summed E-state index contributed by atoms with van der Waals surface area (Å²) in [5.41, 5.74) is -2.65. The Bertz CT molecular complexity index is 1120. The van der Waals surface area contributed by atoms with Crippen molar-refractivity contribution in [1.82, 2.24) is 5.32 Å². The molecule has 0 saturated carbocycles. The molecule has 0 bridgehead atoms. The second kappa shape index (κ2) is 13.4. The van der Waals surface area contributed by atoms with Gasteiger partial charge >= 0.3 is 29.2 Å². The van der Waals surface area contributed by atoms with Gasteiger partial charge in [0.2, 0.25) is 0 Å². The Balaban J connectivity index is 1.88. The predicted octanol–water partition coefficient (Wildman–Crippen LogP) is 2.22. The lowest BCUT2D eigenvalue weighted by molar-refractivity contribution is -0.207. The van der Waals surface area contributed by atoms with E-state index in [0.717, 1.165) is 14.2 Å². The normalized spacial score (nSPS) is 26.0. The van der Waals surface area contributed by atoms with Gasteiger partial charge in [-0.2, -0.15) is 0 Å². The van der Waals surface area contributed by atoms with Crippen LogP contribution in [0.1, 0.15) is 40.5 Å². The average molecular weight is 598 g/mol. The molecule has 226 valence electrons. The van der Waals surface area contributed by atoms with Crippen molar-refractivity contribution in [2.45, 2.75) is 82.2 Å². The first-order valence-electron chi connectivity index (χ1n) is 12.8. The molecule has 1 aromatic rings. The molecule has 1 aromatic carbocycles. The number of amides is 1. The van der Waals surface area contributed by atoms with E-state index in [1.165, 1.54) is 6.92 Å². The highest BCUT2D eigenvalue weighted by molar-refractivity contribution is 7.79. The molecule has 2 saturated heterocycles. The van der Waals surface area contributed by atoms with Gasteiger partial charge in [0, 0.05) is 32.0 Å². The minimum atomic E-state index is -1.80. The number of rotatable bonds is 8. The van der Waals surface area contributed by atoms with Crippen molar-refractivity contribution in [1.29, 1.82) is 0 Å². The Kier molecular flexibility index (Phi) is 10.5. The molecule has 2 aliphatic rings. The lowest BCUT2D eigenvalue weighted by atomic mass is 9.89. The molecule has 0 radical (unpaired) electrons. The third-order valence-corrected chi connectivity index (χ3v) is 6.37. The van der Waals surface area contributed by atoms with Crippen molar-refractivity contribution in [2.75, 3.05) is 20.8 Å². The number of nitrogens with one attached hydrogen (secondary N) is 1. The lowest BCUT2D eigenvalue weighted by Gasteiger charge is -2.38. The minimum Gasteiger partial charge on any atom is -0.467 e. The zero-order valence-electron chi connectivity index (χ0n) is 23.7. The Morgan fingerprint density at radius 3 is 2.37 bits per heavy atom. The first-order valence-corrected chi connectivity index (χ1v) is 13.2. The van der Waals surface area contributed by atoms with Crippen LogP contribution in [0.25, 0.3) is 0 Å². The Labute approximate surface area is 243 Å². The van der Waals surface area contributed by atoms with Crippen LogP contribution in [-0.2, 0) is 47.5 Å². The largest absolute Gasteiger partial charge is 0.467 e. The fourth-order valence-corrected chi connectivity index (χ4v) is 4.81. The summed E-state index contributed by atoms with van der Waals surface area (Å²) in [5.74, 6) is -1.87. The second-order valence-electron chi connectivity index (χ2n) is 10.5. The number of carbonyl (C=O) groups is 4. The Morgan fingerprint density at radius 2 is 1.78 bits per heavy atom. The van der Waals surface area contributed by atoms with Crippen molar-refractivity contribution in [3.05, 3.63) is 30.3 Å². The van der Waals surface area contributed by atoms with Gasteiger partial charge < -0.3 is 43.2 Å². The van der Waals surface area contributed by atoms with E-state index in [0.29, 0.717) is 5.75 Å². The number of methoxy groups -OCH3 is 2. The van der Waals surface area contributed by atoms with Crippen molar-refractivity contribution in [3.8, 4) is 5.75 Å². The fourth-order valence-electron chi connectivity index (χ4n) is 4.61. The van der Waals surface area contributed by atoms with Gasteiger partial charge in [-0.15, -0.1) is 0 Å². The van der Waals surface area contributed by atoms with Gasteiger partial charge in [0.05, 0.1) is 26.9 Å². The van der Waals surface area contributed by atoms with E-state index in [2.05, 4.69) is 5.32 Å². The Morgan fingerprint density at radius 1 is 1.10 bits per heavy atom. The number of fused-ring (bicyclic) bond motifs is 1. The lowest BCUT2D eigenvalue weighted by Crippen LogP contribution is -2.55. The summed E-state index contributed by atoms with van der Waals surface area (Å²) in [7, 11) is 2.29. The van der Waals surface area contributed by atoms with Gasteiger partial charge in [0.1, 0.15) is 23.5 Å². The maximum Gasteiger partial charge on any atom is 0.408 e. The summed E-state index contributed by atoms with van der Waals surface area (Å²) >= 11 is 5.29. The number of carbonyl (C=O) groups excluding carboxylic acids is 4. The van der Waals surface area contributed by atoms with Crippen LogP contribution in [0.3, 0.4) is 0 Å². The number of alkyl carbamates (subject to hydrolysis) is 1. The van der Waals surface area contributed by atoms with Crippen LogP contribution < -0.4 is 10.1 Å². The summed E-state index contributed by atoms with van der Waals surface area (Å²) in [5, 5.41) is 2.16. The quantitative estimate of drug-likeness (QED) is 0.265. The molecule has 2 fully saturated rings. The second-order valence-corrected chi connectivity index (χ2v) is 10.8. The number of ether oxygens (including phenoxy) is 8. The van der Waals surface area contributed by atoms with Crippen LogP contribution in [-0.4, -0.2) is 91.7 Å². The highest BCUT2D eigenvalue weighted by atomic mass is 32.1. The molecule has 14 heteroatoms. The maximum absolute atomic E-state index is 13.2. The van der Waals surface area contributed by atoms with E-state index < -0.39 is 72.1 Å². The molecule has 13 nitrogen and oxygen atoms in total. The van der Waals surface area contributed by atoms with Crippen LogP contribution in [0, 0.1) is 0 Å². The van der Waals surface area contributed by atoms with Crippen LogP contribution in [0.15, 0.2) is 30.3 Å². The molecule has 0 aromatic heterocycles. The van der Waals surface area contributed by atoms with E-state index >= 15 is 0 Å². The third kappa shape index (κ3) is 8.50. The average Bonchev–Trinajstić information content (AvgIpc) is 3.27. The van der Waals surface area contributed by atoms with Gasteiger partial charge in [0.25, 0.3) is 0 Å². The van der Waals surface area contributed by atoms with Crippen molar-refractivity contribution >= 4 is 41.5 Å². The first kappa shape index (κ1) is 32.0. The van der Waals surface area contributed by atoms with Crippen LogP contribution >= 0.6 is 12.2 Å². The van der Waals surface area contributed by atoms with E-state index in [-0.39, 0.29) is 18.3 Å². The van der Waals surface area contributed by atoms with E-state index in [1.54, 1.807) is 51.1 Å². The molecule has 0 aliphatic carbocycles. The van der Waals surface area contributed by atoms with Crippen molar-refractivity contribution < 1.29 is 57.1 Å². The van der Waals surface area contributed by atoms with Crippen LogP contribution in [0.5, 0.6) is 5.75 Å². The molecular formula is C27H35NO12S. The maximum atomic E-state index is 13.2. The van der Waals surface area contributed by atoms with E-state index in [4.69, 9.17) is 50.1 Å². The number of esters is 3. The van der Waals surface area contributed by atoms with Gasteiger partial charge in [-0.1, -0.05) is 18.2 Å². The van der Waals surface area contributed by atoms with Crippen LogP contribution in [0.2, 0.25) is 0 Å². The molecule has 2 heterocycles. The monoisotopic (exact) mass is 597 g/mol. The topological polar surface area (TPSA) is 154 Å². The van der Waals surface area contributed by atoms with Gasteiger partial charge in [-0.3, -0.25) is 4.79 Å². The molecule has 41 heavy (non-hydrogen) atoms. The van der Waals surface area contributed by atoms with Crippen LogP contribution in [0.4, 0.5) is 4.79 Å². The molecule has 0 unspecified atom stereocenters. The molecule has 1 N–H and O–H groups in total. The van der Waals surface area contributed by atoms with E-state index in [1.807, 2.05) is 0 Å². The summed E-state index contributed by atoms with van der Waals surface area (Å²) in [6.07, 6.45) is -5.22. The molecule has 6 atom stereocenters. The number of thiocarbonyl (C=S) groups is 1. The first-order chi connectivity index (χ1) is 19.3. The summed E-state index contributed by atoms with van der Waals surface area (Å²) < 4.78 is 44.2. The zero-order valence-corrected chi connectivity index (χ0v) is 24.5. The van der Waals surface area contributed by atoms with E-state index in [9.17, 15) is 19.2 Å². The molecule has 3 rings (SSSR count). The van der Waals surface area contributed by atoms with Gasteiger partial charge in [0.15, 0.2) is 17.8 Å². The third-order valence-electron chi connectivity index (χ3n) is 6.19. The number of benzene rings is 1. The molecule has 2 aliphatic heterocycles. The number of hydrogen-bond acceptors (Lipinski definition) is 13. The summed E-state index contributed by atoms with van der Waals surface area (Å²) in [4.78, 5) is 50.2. The Hall–Kier alpha value is -3.49. The minimum absolute atomic E-state index is 0.0905. The molecule has 1 amide bonds. The smallest absolute Gasteiger partial charge is 0.408 e. The molecule has 0 spiro atoms. The molecular weight excluding hydrogens is 562 g/mol. The summed E-state index contributed by atoms with van der Waals surface area (Å²) in [6.45, 7) is 6.09. The van der Waals surface area contributed by atoms with Gasteiger partial charge in [-0.05, 0) is 32.9 Å². The number of hydrogen-bond donors (Lipinski definition) is 1. The standard InChI is InChI=1S/C27H35NO12S/c1-15(29)36-19-14-35-18-13-27(23(31)34-6,12-17(22(30)33-5)28-24(32)40-26(2,3)4)39-21(18)20(19)38-25(41)37-16-10-8-7-9-11-16/h7-11,17-21H,12-14H2,1-6H3,(H,28,32)/t17-,18+,19+,20-,21-,27+/m0/s1. The van der Waals surface area contributed by atoms with Gasteiger partial charge in [-0.25, -0.2) is 14.4 Å². The van der Waals surface area contributed by atoms with Crippen molar-refractivity contribution in [3.63, 3.8) is 0 Å². The highest BCUT2D eigenvalue weighted by Crippen LogP contribution is 2.42. The van der Waals surface area contributed by atoms with Crippen molar-refractivity contribution in [2.24, 2.45) is 0 Å². The predicted molar refractivity (Wildman–Crippen MR) is 144 cm³/mol. The zero-order chi connectivity index (χ0) is 30.4. The number of para-hydroxylation sites is 1. The SMILES string of the molecule is COC(=O)[C@H](C[C@]1(C(=O)OC)C[C@H]2OC[C@@H](OC(C)=O)[C@H](OC(=S)Oc3ccccc3)[C@H]2O1)NC(=O)OC(C)(C)C. The summed E-state index contributed by atoms with van der Waals surface area (Å²) in [6, 6.07) is 7.28. The highest BCUT2D eigenvalue weighted by Gasteiger charge is 2.60. The fraction of sp³-hybridized carbons (Fsp3) is 0.593.